The molecule has 2 aromatic rings. The maximum Gasteiger partial charge on any atom is 0.262 e. The van der Waals surface area contributed by atoms with Crippen LogP contribution in [0.5, 0.6) is 0 Å². The molecule has 0 atom stereocenters. The SMILES string of the molecule is COCC(=O)N1CCCc2cc(NS(=O)(=O)c3ccc(NC(C)=O)cc3C)ccc21. The molecule has 2 N–H and O–H groups in total. The van der Waals surface area contributed by atoms with E-state index in [0.29, 0.717) is 23.5 Å². The van der Waals surface area contributed by atoms with Crippen molar-refractivity contribution < 1.29 is 22.7 Å². The van der Waals surface area contributed by atoms with Crippen molar-refractivity contribution in [1.29, 1.82) is 0 Å². The smallest absolute Gasteiger partial charge is 0.262 e. The molecular formula is C21H25N3O5S. The predicted molar refractivity (Wildman–Crippen MR) is 115 cm³/mol. The molecule has 0 fully saturated rings. The zero-order valence-corrected chi connectivity index (χ0v) is 18.0. The molecule has 2 aromatic carbocycles. The van der Waals surface area contributed by atoms with E-state index in [-0.39, 0.29) is 23.3 Å². The number of amides is 2. The number of benzene rings is 2. The summed E-state index contributed by atoms with van der Waals surface area (Å²) in [6.07, 6.45) is 1.55. The molecule has 0 bridgehead atoms. The molecule has 1 heterocycles. The van der Waals surface area contributed by atoms with Gasteiger partial charge in [0.1, 0.15) is 6.61 Å². The molecule has 0 aliphatic carbocycles. The molecule has 1 aliphatic heterocycles. The van der Waals surface area contributed by atoms with Crippen LogP contribution in [0.2, 0.25) is 0 Å². The second-order valence-electron chi connectivity index (χ2n) is 7.19. The van der Waals surface area contributed by atoms with Crippen molar-refractivity contribution in [2.45, 2.75) is 31.6 Å². The third-order valence-corrected chi connectivity index (χ3v) is 6.35. The monoisotopic (exact) mass is 431 g/mol. The Morgan fingerprint density at radius 3 is 2.53 bits per heavy atom. The van der Waals surface area contributed by atoms with E-state index in [1.807, 2.05) is 0 Å². The van der Waals surface area contributed by atoms with Crippen LogP contribution < -0.4 is 14.9 Å². The number of nitrogens with one attached hydrogen (secondary N) is 2. The van der Waals surface area contributed by atoms with E-state index >= 15 is 0 Å². The summed E-state index contributed by atoms with van der Waals surface area (Å²) in [6.45, 7) is 3.68. The van der Waals surface area contributed by atoms with E-state index in [9.17, 15) is 18.0 Å². The number of aryl methyl sites for hydroxylation is 2. The molecule has 8 nitrogen and oxygen atoms in total. The standard InChI is InChI=1S/C21H25N3O5S/c1-14-11-17(22-15(2)25)7-9-20(14)30(27,28)23-18-6-8-19-16(12-18)5-4-10-24(19)21(26)13-29-3/h6-9,11-12,23H,4-5,10,13H2,1-3H3,(H,22,25). The summed E-state index contributed by atoms with van der Waals surface area (Å²) in [5.74, 6) is -0.350. The van der Waals surface area contributed by atoms with E-state index in [4.69, 9.17) is 4.74 Å². The fourth-order valence-electron chi connectivity index (χ4n) is 3.56. The number of anilines is 3. The lowest BCUT2D eigenvalue weighted by Gasteiger charge is -2.29. The summed E-state index contributed by atoms with van der Waals surface area (Å²) >= 11 is 0. The van der Waals surface area contributed by atoms with Gasteiger partial charge in [0.25, 0.3) is 15.9 Å². The normalized spacial score (nSPS) is 13.5. The van der Waals surface area contributed by atoms with Crippen LogP contribution in [-0.2, 0) is 30.8 Å². The Balaban J connectivity index is 1.84. The van der Waals surface area contributed by atoms with Crippen molar-refractivity contribution in [3.63, 3.8) is 0 Å². The number of carbonyl (C=O) groups is 2. The van der Waals surface area contributed by atoms with Gasteiger partial charge in [0.15, 0.2) is 0 Å². The number of fused-ring (bicyclic) bond motifs is 1. The van der Waals surface area contributed by atoms with Crippen LogP contribution in [0.15, 0.2) is 41.3 Å². The Labute approximate surface area is 176 Å². The molecule has 1 aliphatic rings. The summed E-state index contributed by atoms with van der Waals surface area (Å²) in [4.78, 5) is 25.3. The lowest BCUT2D eigenvalue weighted by atomic mass is 10.0. The van der Waals surface area contributed by atoms with Gasteiger partial charge in [0, 0.05) is 37.6 Å². The summed E-state index contributed by atoms with van der Waals surface area (Å²) in [6, 6.07) is 9.80. The number of nitrogens with zero attached hydrogens (tertiary/aromatic N) is 1. The number of hydrogen-bond donors (Lipinski definition) is 2. The van der Waals surface area contributed by atoms with Gasteiger partial charge >= 0.3 is 0 Å². The Bertz CT molecular complexity index is 1080. The molecule has 0 aromatic heterocycles. The molecule has 2 amide bonds. The van der Waals surface area contributed by atoms with Crippen molar-refractivity contribution in [3.8, 4) is 0 Å². The van der Waals surface area contributed by atoms with Gasteiger partial charge in [-0.15, -0.1) is 0 Å². The molecular weight excluding hydrogens is 406 g/mol. The second-order valence-corrected chi connectivity index (χ2v) is 8.84. The van der Waals surface area contributed by atoms with E-state index < -0.39 is 10.0 Å². The van der Waals surface area contributed by atoms with Gasteiger partial charge in [0.05, 0.1) is 4.90 Å². The molecule has 0 saturated carbocycles. The van der Waals surface area contributed by atoms with Crippen LogP contribution in [0.4, 0.5) is 17.1 Å². The third kappa shape index (κ3) is 4.80. The first-order chi connectivity index (χ1) is 14.2. The highest BCUT2D eigenvalue weighted by atomic mass is 32.2. The van der Waals surface area contributed by atoms with Gasteiger partial charge < -0.3 is 15.0 Å². The summed E-state index contributed by atoms with van der Waals surface area (Å²) in [5, 5.41) is 2.64. The van der Waals surface area contributed by atoms with Gasteiger partial charge in [-0.25, -0.2) is 8.42 Å². The topological polar surface area (TPSA) is 105 Å². The Hall–Kier alpha value is -2.91. The average molecular weight is 432 g/mol. The lowest BCUT2D eigenvalue weighted by Crippen LogP contribution is -2.37. The van der Waals surface area contributed by atoms with Crippen LogP contribution in [0.1, 0.15) is 24.5 Å². The van der Waals surface area contributed by atoms with Gasteiger partial charge in [-0.1, -0.05) is 0 Å². The first-order valence-electron chi connectivity index (χ1n) is 9.54. The molecule has 160 valence electrons. The van der Waals surface area contributed by atoms with Crippen molar-refractivity contribution in [2.75, 3.05) is 35.2 Å². The van der Waals surface area contributed by atoms with Gasteiger partial charge in [-0.3, -0.25) is 14.3 Å². The molecule has 0 unspecified atom stereocenters. The summed E-state index contributed by atoms with van der Waals surface area (Å²) < 4.78 is 33.4. The van der Waals surface area contributed by atoms with E-state index in [1.54, 1.807) is 42.2 Å². The van der Waals surface area contributed by atoms with Crippen molar-refractivity contribution in [3.05, 3.63) is 47.5 Å². The number of methoxy groups -OCH3 is 1. The van der Waals surface area contributed by atoms with Crippen molar-refractivity contribution in [2.24, 2.45) is 0 Å². The Morgan fingerprint density at radius 1 is 1.13 bits per heavy atom. The largest absolute Gasteiger partial charge is 0.375 e. The molecule has 0 spiro atoms. The first-order valence-corrected chi connectivity index (χ1v) is 11.0. The molecule has 9 heteroatoms. The van der Waals surface area contributed by atoms with Crippen LogP contribution >= 0.6 is 0 Å². The minimum absolute atomic E-state index is 0.00157. The summed E-state index contributed by atoms with van der Waals surface area (Å²) in [5.41, 5.74) is 3.17. The molecule has 0 saturated heterocycles. The van der Waals surface area contributed by atoms with E-state index in [2.05, 4.69) is 10.0 Å². The number of sulfonamides is 1. The molecule has 30 heavy (non-hydrogen) atoms. The van der Waals surface area contributed by atoms with Crippen LogP contribution in [-0.4, -0.2) is 40.5 Å². The number of hydrogen-bond acceptors (Lipinski definition) is 5. The lowest BCUT2D eigenvalue weighted by molar-refractivity contribution is -0.122. The highest BCUT2D eigenvalue weighted by Crippen LogP contribution is 2.31. The minimum atomic E-state index is -3.82. The Kier molecular flexibility index (Phi) is 6.42. The maximum absolute atomic E-state index is 12.9. The van der Waals surface area contributed by atoms with Gasteiger partial charge in [-0.05, 0) is 67.3 Å². The predicted octanol–water partition coefficient (Wildman–Crippen LogP) is 2.68. The quantitative estimate of drug-likeness (QED) is 0.732. The van der Waals surface area contributed by atoms with E-state index in [1.165, 1.54) is 20.1 Å². The van der Waals surface area contributed by atoms with Gasteiger partial charge in [-0.2, -0.15) is 0 Å². The number of carbonyl (C=O) groups excluding carboxylic acids is 2. The third-order valence-electron chi connectivity index (χ3n) is 4.80. The maximum atomic E-state index is 12.9. The number of rotatable bonds is 6. The van der Waals surface area contributed by atoms with E-state index in [0.717, 1.165) is 24.1 Å². The van der Waals surface area contributed by atoms with Crippen LogP contribution in [0.3, 0.4) is 0 Å². The molecule has 3 rings (SSSR count). The highest BCUT2D eigenvalue weighted by molar-refractivity contribution is 7.92. The Morgan fingerprint density at radius 2 is 1.87 bits per heavy atom. The summed E-state index contributed by atoms with van der Waals surface area (Å²) in [7, 11) is -2.34. The van der Waals surface area contributed by atoms with Crippen LogP contribution in [0.25, 0.3) is 0 Å². The zero-order valence-electron chi connectivity index (χ0n) is 17.2. The second kappa shape index (κ2) is 8.85. The fourth-order valence-corrected chi connectivity index (χ4v) is 4.84. The highest BCUT2D eigenvalue weighted by Gasteiger charge is 2.24. The van der Waals surface area contributed by atoms with Gasteiger partial charge in [0.2, 0.25) is 5.91 Å². The van der Waals surface area contributed by atoms with Crippen LogP contribution in [0, 0.1) is 6.92 Å². The fraction of sp³-hybridized carbons (Fsp3) is 0.333. The minimum Gasteiger partial charge on any atom is -0.375 e. The van der Waals surface area contributed by atoms with Crippen molar-refractivity contribution in [1.82, 2.24) is 0 Å². The zero-order chi connectivity index (χ0) is 21.9. The number of ether oxygens (including phenoxy) is 1. The molecule has 0 radical (unpaired) electrons. The first kappa shape index (κ1) is 21.8. The van der Waals surface area contributed by atoms with Crippen molar-refractivity contribution >= 4 is 38.9 Å². The average Bonchev–Trinajstić information content (AvgIpc) is 2.66.